The van der Waals surface area contributed by atoms with Crippen molar-refractivity contribution in [2.45, 2.75) is 13.5 Å². The Hall–Kier alpha value is -3.28. The van der Waals surface area contributed by atoms with Crippen molar-refractivity contribution in [2.24, 2.45) is 0 Å². The highest BCUT2D eigenvalue weighted by Gasteiger charge is 2.15. The Morgan fingerprint density at radius 1 is 1.08 bits per heavy atom. The first-order valence-electron chi connectivity index (χ1n) is 7.84. The third-order valence-corrected chi connectivity index (χ3v) is 3.76. The summed E-state index contributed by atoms with van der Waals surface area (Å²) in [5, 5.41) is 3.90. The summed E-state index contributed by atoms with van der Waals surface area (Å²) in [4.78, 5) is 11.8. The number of nitrogens with zero attached hydrogens (tertiary/aromatic N) is 1. The number of halogens is 2. The van der Waals surface area contributed by atoms with Gasteiger partial charge in [0.25, 0.3) is 0 Å². The summed E-state index contributed by atoms with van der Waals surface area (Å²) in [6, 6.07) is 11.6. The van der Waals surface area contributed by atoms with E-state index in [1.807, 2.05) is 0 Å². The van der Waals surface area contributed by atoms with E-state index in [1.165, 1.54) is 36.4 Å². The number of rotatable bonds is 5. The molecule has 0 N–H and O–H groups in total. The van der Waals surface area contributed by atoms with Gasteiger partial charge in [-0.1, -0.05) is 17.3 Å². The summed E-state index contributed by atoms with van der Waals surface area (Å²) in [5.74, 6) is -0.742. The van der Waals surface area contributed by atoms with E-state index in [1.54, 1.807) is 31.2 Å². The lowest BCUT2D eigenvalue weighted by atomic mass is 10.1. The maximum absolute atomic E-state index is 13.0. The Labute approximate surface area is 148 Å². The van der Waals surface area contributed by atoms with Crippen molar-refractivity contribution in [2.75, 3.05) is 0 Å². The quantitative estimate of drug-likeness (QED) is 0.492. The molecule has 1 heterocycles. The van der Waals surface area contributed by atoms with Gasteiger partial charge in [-0.2, -0.15) is 0 Å². The lowest BCUT2D eigenvalue weighted by Crippen LogP contribution is -2.02. The van der Waals surface area contributed by atoms with Crippen LogP contribution in [0.25, 0.3) is 17.4 Å². The van der Waals surface area contributed by atoms with Crippen LogP contribution in [0.5, 0.6) is 0 Å². The van der Waals surface area contributed by atoms with Gasteiger partial charge in [-0.3, -0.25) is 0 Å². The molecule has 0 spiro atoms. The van der Waals surface area contributed by atoms with Crippen molar-refractivity contribution in [3.05, 3.63) is 83.1 Å². The maximum Gasteiger partial charge on any atom is 0.331 e. The fourth-order valence-electron chi connectivity index (χ4n) is 2.30. The molecular formula is C20H15F2NO3. The highest BCUT2D eigenvalue weighted by Crippen LogP contribution is 2.26. The summed E-state index contributed by atoms with van der Waals surface area (Å²) in [7, 11) is 0. The summed E-state index contributed by atoms with van der Waals surface area (Å²) < 4.78 is 36.2. The normalized spacial score (nSPS) is 11.0. The van der Waals surface area contributed by atoms with Crippen LogP contribution in [0.4, 0.5) is 8.78 Å². The number of ether oxygens (including phenoxy) is 1. The highest BCUT2D eigenvalue weighted by molar-refractivity contribution is 5.87. The van der Waals surface area contributed by atoms with Crippen molar-refractivity contribution < 1.29 is 22.8 Å². The Balaban J connectivity index is 1.62. The zero-order valence-corrected chi connectivity index (χ0v) is 13.9. The van der Waals surface area contributed by atoms with E-state index in [0.717, 1.165) is 0 Å². The van der Waals surface area contributed by atoms with Crippen LogP contribution in [0.3, 0.4) is 0 Å². The number of benzene rings is 2. The Morgan fingerprint density at radius 3 is 2.35 bits per heavy atom. The van der Waals surface area contributed by atoms with Crippen LogP contribution in [0.15, 0.2) is 59.1 Å². The topological polar surface area (TPSA) is 52.3 Å². The standard InChI is InChI=1S/C20H15F2NO3/c1-13-18(23-26-20(13)15-5-9-17(22)10-6-15)12-25-19(24)11-4-14-2-7-16(21)8-3-14/h2-11H,12H2,1H3/b11-4+. The Morgan fingerprint density at radius 2 is 1.69 bits per heavy atom. The fraction of sp³-hybridized carbons (Fsp3) is 0.100. The minimum Gasteiger partial charge on any atom is -0.456 e. The van der Waals surface area contributed by atoms with E-state index in [9.17, 15) is 13.6 Å². The lowest BCUT2D eigenvalue weighted by Gasteiger charge is -2.00. The first kappa shape index (κ1) is 17.5. The average Bonchev–Trinajstić information content (AvgIpc) is 3.01. The minimum absolute atomic E-state index is 0.0525. The Kier molecular flexibility index (Phi) is 5.22. The van der Waals surface area contributed by atoms with Gasteiger partial charge in [-0.05, 0) is 55.0 Å². The zero-order valence-electron chi connectivity index (χ0n) is 13.9. The molecule has 2 aromatic carbocycles. The van der Waals surface area contributed by atoms with Crippen molar-refractivity contribution in [1.29, 1.82) is 0 Å². The average molecular weight is 355 g/mol. The van der Waals surface area contributed by atoms with Crippen molar-refractivity contribution in [3.63, 3.8) is 0 Å². The second-order valence-corrected chi connectivity index (χ2v) is 5.58. The molecule has 0 bridgehead atoms. The van der Waals surface area contributed by atoms with Crippen molar-refractivity contribution in [1.82, 2.24) is 5.16 Å². The second-order valence-electron chi connectivity index (χ2n) is 5.58. The SMILES string of the molecule is Cc1c(COC(=O)/C=C/c2ccc(F)cc2)noc1-c1ccc(F)cc1. The van der Waals surface area contributed by atoms with Crippen LogP contribution >= 0.6 is 0 Å². The molecule has 0 aliphatic carbocycles. The van der Waals surface area contributed by atoms with Crippen LogP contribution in [0, 0.1) is 18.6 Å². The molecule has 3 aromatic rings. The molecule has 1 aromatic heterocycles. The molecular weight excluding hydrogens is 340 g/mol. The van der Waals surface area contributed by atoms with Crippen LogP contribution < -0.4 is 0 Å². The molecule has 132 valence electrons. The fourth-order valence-corrected chi connectivity index (χ4v) is 2.30. The summed E-state index contributed by atoms with van der Waals surface area (Å²) in [6.45, 7) is 1.73. The molecule has 0 amide bonds. The van der Waals surface area contributed by atoms with Gasteiger partial charge in [-0.25, -0.2) is 13.6 Å². The first-order valence-corrected chi connectivity index (χ1v) is 7.84. The van der Waals surface area contributed by atoms with Crippen molar-refractivity contribution in [3.8, 4) is 11.3 Å². The van der Waals surface area contributed by atoms with Gasteiger partial charge in [-0.15, -0.1) is 0 Å². The van der Waals surface area contributed by atoms with Crippen LogP contribution in [-0.2, 0) is 16.1 Å². The molecule has 3 rings (SSSR count). The van der Waals surface area contributed by atoms with Gasteiger partial charge in [0.15, 0.2) is 5.76 Å². The molecule has 0 radical (unpaired) electrons. The molecule has 0 aliphatic heterocycles. The lowest BCUT2D eigenvalue weighted by molar-refractivity contribution is -0.139. The number of hydrogen-bond acceptors (Lipinski definition) is 4. The number of hydrogen-bond donors (Lipinski definition) is 0. The van der Waals surface area contributed by atoms with E-state index in [0.29, 0.717) is 28.1 Å². The summed E-state index contributed by atoms with van der Waals surface area (Å²) in [6.07, 6.45) is 2.78. The van der Waals surface area contributed by atoms with Gasteiger partial charge in [0, 0.05) is 17.2 Å². The van der Waals surface area contributed by atoms with Crippen molar-refractivity contribution >= 4 is 12.0 Å². The molecule has 26 heavy (non-hydrogen) atoms. The summed E-state index contributed by atoms with van der Waals surface area (Å²) >= 11 is 0. The monoisotopic (exact) mass is 355 g/mol. The van der Waals surface area contributed by atoms with Gasteiger partial charge in [0.2, 0.25) is 0 Å². The van der Waals surface area contributed by atoms with Gasteiger partial charge in [0.05, 0.1) is 0 Å². The highest BCUT2D eigenvalue weighted by atomic mass is 19.1. The zero-order chi connectivity index (χ0) is 18.5. The molecule has 0 saturated carbocycles. The van der Waals surface area contributed by atoms with E-state index < -0.39 is 5.97 Å². The van der Waals surface area contributed by atoms with E-state index in [2.05, 4.69) is 5.16 Å². The Bertz CT molecular complexity index is 929. The molecule has 0 saturated heterocycles. The molecule has 4 nitrogen and oxygen atoms in total. The predicted octanol–water partition coefficient (Wildman–Crippen LogP) is 4.68. The van der Waals surface area contributed by atoms with Gasteiger partial charge in [0.1, 0.15) is 23.9 Å². The third-order valence-electron chi connectivity index (χ3n) is 3.76. The predicted molar refractivity (Wildman–Crippen MR) is 91.9 cm³/mol. The number of aromatic nitrogens is 1. The summed E-state index contributed by atoms with van der Waals surface area (Å²) in [5.41, 5.74) is 2.56. The van der Waals surface area contributed by atoms with E-state index >= 15 is 0 Å². The van der Waals surface area contributed by atoms with Crippen LogP contribution in [0.1, 0.15) is 16.8 Å². The largest absolute Gasteiger partial charge is 0.456 e. The van der Waals surface area contributed by atoms with Gasteiger partial charge >= 0.3 is 5.97 Å². The van der Waals surface area contributed by atoms with E-state index in [4.69, 9.17) is 9.26 Å². The number of carbonyl (C=O) groups excluding carboxylic acids is 1. The molecule has 6 heteroatoms. The second kappa shape index (κ2) is 7.74. The van der Waals surface area contributed by atoms with Gasteiger partial charge < -0.3 is 9.26 Å². The first-order chi connectivity index (χ1) is 12.5. The number of esters is 1. The molecule has 0 atom stereocenters. The van der Waals surface area contributed by atoms with Crippen LogP contribution in [-0.4, -0.2) is 11.1 Å². The molecule has 0 unspecified atom stereocenters. The number of carbonyl (C=O) groups is 1. The maximum atomic E-state index is 13.0. The van der Waals surface area contributed by atoms with Crippen LogP contribution in [0.2, 0.25) is 0 Å². The third kappa shape index (κ3) is 4.22. The minimum atomic E-state index is -0.556. The molecule has 0 fully saturated rings. The smallest absolute Gasteiger partial charge is 0.331 e. The molecule has 0 aliphatic rings. The van der Waals surface area contributed by atoms with E-state index in [-0.39, 0.29) is 18.2 Å².